The predicted molar refractivity (Wildman–Crippen MR) is 101 cm³/mol. The maximum absolute atomic E-state index is 14.4. The van der Waals surface area contributed by atoms with E-state index < -0.39 is 6.17 Å². The van der Waals surface area contributed by atoms with Crippen LogP contribution in [-0.4, -0.2) is 18.8 Å². The Labute approximate surface area is 183 Å². The van der Waals surface area contributed by atoms with E-state index in [2.05, 4.69) is 40.6 Å². The molecule has 0 aliphatic carbocycles. The molecule has 1 aliphatic heterocycles. The van der Waals surface area contributed by atoms with Crippen molar-refractivity contribution in [2.24, 2.45) is 0 Å². The maximum Gasteiger partial charge on any atom is 0.133 e. The van der Waals surface area contributed by atoms with Gasteiger partial charge >= 0.3 is 0 Å². The molecule has 2 aromatic heterocycles. The number of furan rings is 1. The van der Waals surface area contributed by atoms with Gasteiger partial charge in [0.05, 0.1) is 12.3 Å². The number of rotatable bonds is 6. The van der Waals surface area contributed by atoms with Crippen LogP contribution in [0.4, 0.5) is 10.1 Å². The molecule has 2 atom stereocenters. The van der Waals surface area contributed by atoms with Crippen LogP contribution in [0.3, 0.4) is 0 Å². The van der Waals surface area contributed by atoms with Gasteiger partial charge in [-0.25, -0.2) is 10.5 Å². The van der Waals surface area contributed by atoms with Gasteiger partial charge in [0, 0.05) is 50.5 Å². The SMILES string of the molecule is FC1CCN(c2ccc(-c3ccco3)cc2)C1CCCc1cc[c-]s1.[Y]. The summed E-state index contributed by atoms with van der Waals surface area (Å²) in [6.07, 6.45) is 4.48. The van der Waals surface area contributed by atoms with Crippen LogP contribution in [0.15, 0.2) is 59.2 Å². The van der Waals surface area contributed by atoms with Crippen molar-refractivity contribution < 1.29 is 41.5 Å². The Hall–Kier alpha value is -0.966. The molecule has 1 aromatic carbocycles. The van der Waals surface area contributed by atoms with Gasteiger partial charge < -0.3 is 20.7 Å². The summed E-state index contributed by atoms with van der Waals surface area (Å²) in [5.74, 6) is 0.862. The van der Waals surface area contributed by atoms with Crippen molar-refractivity contribution in [3.63, 3.8) is 0 Å². The van der Waals surface area contributed by atoms with Crippen molar-refractivity contribution in [3.8, 4) is 11.3 Å². The van der Waals surface area contributed by atoms with Crippen LogP contribution in [0.1, 0.15) is 24.1 Å². The van der Waals surface area contributed by atoms with Crippen LogP contribution in [0.5, 0.6) is 0 Å². The molecule has 0 spiro atoms. The molecule has 5 heteroatoms. The van der Waals surface area contributed by atoms with E-state index in [0.29, 0.717) is 6.42 Å². The molecule has 1 saturated heterocycles. The summed E-state index contributed by atoms with van der Waals surface area (Å²) in [5, 5.41) is 3.12. The number of aryl methyl sites for hydroxylation is 1. The fourth-order valence-electron chi connectivity index (χ4n) is 3.62. The normalized spacial score (nSPS) is 19.5. The number of thiophene rings is 1. The number of benzene rings is 1. The number of hydrogen-bond donors (Lipinski definition) is 0. The van der Waals surface area contributed by atoms with Gasteiger partial charge in [0.25, 0.3) is 0 Å². The molecular formula is C21H21FNOSY-. The predicted octanol–water partition coefficient (Wildman–Crippen LogP) is 5.75. The summed E-state index contributed by atoms with van der Waals surface area (Å²) < 4.78 is 19.9. The standard InChI is InChI=1S/C21H21FNOS.Y/c22-19-12-13-23(20(19)6-1-4-18-5-3-15-25-18)17-10-8-16(9-11-17)21-7-2-14-24-21;/h2-3,5,7-11,14,19-20H,1,4,6,12-13H2;/q-1;. The van der Waals surface area contributed by atoms with Crippen molar-refractivity contribution in [2.75, 3.05) is 11.4 Å². The van der Waals surface area contributed by atoms with Crippen molar-refractivity contribution >= 4 is 17.0 Å². The van der Waals surface area contributed by atoms with Gasteiger partial charge in [-0.15, -0.1) is 10.3 Å². The minimum atomic E-state index is -0.736. The van der Waals surface area contributed by atoms with Crippen LogP contribution in [-0.2, 0) is 39.1 Å². The monoisotopic (exact) mass is 443 g/mol. The third-order valence-corrected chi connectivity index (χ3v) is 5.77. The van der Waals surface area contributed by atoms with Crippen LogP contribution < -0.4 is 4.90 Å². The first-order valence-corrected chi connectivity index (χ1v) is 9.62. The Morgan fingerprint density at radius 1 is 1.19 bits per heavy atom. The first-order chi connectivity index (χ1) is 12.3. The van der Waals surface area contributed by atoms with E-state index in [1.54, 1.807) is 17.6 Å². The molecule has 3 heterocycles. The van der Waals surface area contributed by atoms with E-state index in [9.17, 15) is 4.39 Å². The van der Waals surface area contributed by atoms with Crippen molar-refractivity contribution in [1.82, 2.24) is 0 Å². The van der Waals surface area contributed by atoms with Crippen LogP contribution in [0.2, 0.25) is 0 Å². The van der Waals surface area contributed by atoms with Gasteiger partial charge in [0.1, 0.15) is 11.9 Å². The van der Waals surface area contributed by atoms with E-state index >= 15 is 0 Å². The summed E-state index contributed by atoms with van der Waals surface area (Å²) in [7, 11) is 0. The van der Waals surface area contributed by atoms with Crippen molar-refractivity contribution in [2.45, 2.75) is 37.9 Å². The average molecular weight is 443 g/mol. The largest absolute Gasteiger partial charge is 0.464 e. The van der Waals surface area contributed by atoms with E-state index in [1.807, 2.05) is 18.2 Å². The van der Waals surface area contributed by atoms with E-state index in [1.165, 1.54) is 4.88 Å². The Balaban J connectivity index is 0.00000196. The summed E-state index contributed by atoms with van der Waals surface area (Å²) in [5.41, 5.74) is 2.15. The Morgan fingerprint density at radius 3 is 2.73 bits per heavy atom. The molecule has 0 N–H and O–H groups in total. The number of halogens is 1. The van der Waals surface area contributed by atoms with Gasteiger partial charge in [-0.1, -0.05) is 12.8 Å². The molecule has 1 radical (unpaired) electrons. The summed E-state index contributed by atoms with van der Waals surface area (Å²) in [4.78, 5) is 3.57. The van der Waals surface area contributed by atoms with Crippen molar-refractivity contribution in [1.29, 1.82) is 0 Å². The minimum absolute atomic E-state index is 0. The zero-order valence-electron chi connectivity index (χ0n) is 14.6. The van der Waals surface area contributed by atoms with Gasteiger partial charge in [-0.3, -0.25) is 0 Å². The third-order valence-electron chi connectivity index (χ3n) is 4.92. The second kappa shape index (κ2) is 9.30. The van der Waals surface area contributed by atoms with Crippen LogP contribution >= 0.6 is 11.3 Å². The molecule has 2 unspecified atom stereocenters. The molecule has 1 aliphatic rings. The fourth-order valence-corrected chi connectivity index (χ4v) is 4.29. The molecule has 133 valence electrons. The van der Waals surface area contributed by atoms with Gasteiger partial charge in [0.15, 0.2) is 0 Å². The number of nitrogens with zero attached hydrogens (tertiary/aromatic N) is 1. The Bertz CT molecular complexity index is 773. The van der Waals surface area contributed by atoms with E-state index in [-0.39, 0.29) is 38.8 Å². The zero-order valence-corrected chi connectivity index (χ0v) is 18.3. The maximum atomic E-state index is 14.4. The third kappa shape index (κ3) is 4.47. The Morgan fingerprint density at radius 2 is 2.04 bits per heavy atom. The number of anilines is 1. The molecular weight excluding hydrogens is 422 g/mol. The summed E-state index contributed by atoms with van der Waals surface area (Å²) in [6, 6.07) is 16.2. The zero-order chi connectivity index (χ0) is 17.1. The first-order valence-electron chi connectivity index (χ1n) is 8.81. The minimum Gasteiger partial charge on any atom is -0.464 e. The van der Waals surface area contributed by atoms with Gasteiger partial charge in [0.2, 0.25) is 0 Å². The fraction of sp³-hybridized carbons (Fsp3) is 0.333. The molecule has 0 saturated carbocycles. The first kappa shape index (κ1) is 19.8. The van der Waals surface area contributed by atoms with Gasteiger partial charge in [-0.2, -0.15) is 6.07 Å². The number of hydrogen-bond acceptors (Lipinski definition) is 3. The van der Waals surface area contributed by atoms with E-state index in [0.717, 1.165) is 42.8 Å². The second-order valence-electron chi connectivity index (χ2n) is 6.50. The topological polar surface area (TPSA) is 16.4 Å². The molecule has 2 nitrogen and oxygen atoms in total. The molecule has 1 fully saturated rings. The molecule has 0 bridgehead atoms. The number of alkyl halides is 1. The Kier molecular flexibility index (Phi) is 7.08. The smallest absolute Gasteiger partial charge is 0.133 e. The van der Waals surface area contributed by atoms with Crippen LogP contribution in [0.25, 0.3) is 11.3 Å². The second-order valence-corrected chi connectivity index (χ2v) is 7.47. The van der Waals surface area contributed by atoms with E-state index in [4.69, 9.17) is 4.42 Å². The summed E-state index contributed by atoms with van der Waals surface area (Å²) in [6.45, 7) is 0.790. The molecule has 4 rings (SSSR count). The molecule has 26 heavy (non-hydrogen) atoms. The quantitative estimate of drug-likeness (QED) is 0.452. The van der Waals surface area contributed by atoms with Crippen molar-refractivity contribution in [3.05, 3.63) is 65.1 Å². The molecule has 3 aromatic rings. The average Bonchev–Trinajstić information content (AvgIpc) is 3.38. The summed E-state index contributed by atoms with van der Waals surface area (Å²) >= 11 is 1.66. The van der Waals surface area contributed by atoms with Crippen LogP contribution in [0, 0.1) is 5.38 Å². The van der Waals surface area contributed by atoms with Gasteiger partial charge in [-0.05, 0) is 49.2 Å². The molecule has 0 amide bonds.